The highest BCUT2D eigenvalue weighted by molar-refractivity contribution is 5.84. The van der Waals surface area contributed by atoms with Crippen LogP contribution in [0.5, 0.6) is 0 Å². The van der Waals surface area contributed by atoms with Crippen molar-refractivity contribution in [1.82, 2.24) is 19.7 Å². The lowest BCUT2D eigenvalue weighted by Gasteiger charge is -2.02. The molecule has 104 valence electrons. The van der Waals surface area contributed by atoms with Gasteiger partial charge in [0.05, 0.1) is 18.3 Å². The number of benzene rings is 1. The SMILES string of the molecule is Cc1ccc(Cn2cc(C=O)c(-c3cnccn3)n2)cc1. The van der Waals surface area contributed by atoms with Crippen LogP contribution in [-0.2, 0) is 6.54 Å². The highest BCUT2D eigenvalue weighted by atomic mass is 16.1. The molecule has 5 heteroatoms. The highest BCUT2D eigenvalue weighted by Gasteiger charge is 2.12. The first kappa shape index (κ1) is 13.2. The molecule has 21 heavy (non-hydrogen) atoms. The van der Waals surface area contributed by atoms with E-state index in [1.807, 2.05) is 6.92 Å². The van der Waals surface area contributed by atoms with Crippen molar-refractivity contribution in [3.63, 3.8) is 0 Å². The predicted octanol–water partition coefficient (Wildman–Crippen LogP) is 2.51. The van der Waals surface area contributed by atoms with E-state index >= 15 is 0 Å². The number of nitrogens with zero attached hydrogens (tertiary/aromatic N) is 4. The molecule has 2 heterocycles. The zero-order chi connectivity index (χ0) is 14.7. The summed E-state index contributed by atoms with van der Waals surface area (Å²) in [6, 6.07) is 8.23. The predicted molar refractivity (Wildman–Crippen MR) is 78.9 cm³/mol. The van der Waals surface area contributed by atoms with Crippen LogP contribution in [0, 0.1) is 6.92 Å². The van der Waals surface area contributed by atoms with E-state index in [2.05, 4.69) is 39.3 Å². The van der Waals surface area contributed by atoms with Crippen LogP contribution in [0.4, 0.5) is 0 Å². The van der Waals surface area contributed by atoms with E-state index < -0.39 is 0 Å². The second-order valence-electron chi connectivity index (χ2n) is 4.82. The third kappa shape index (κ3) is 2.86. The first-order valence-electron chi connectivity index (χ1n) is 6.61. The smallest absolute Gasteiger partial charge is 0.153 e. The third-order valence-electron chi connectivity index (χ3n) is 3.19. The average molecular weight is 278 g/mol. The van der Waals surface area contributed by atoms with E-state index in [0.717, 1.165) is 11.8 Å². The van der Waals surface area contributed by atoms with Crippen LogP contribution in [0.15, 0.2) is 49.1 Å². The first-order valence-corrected chi connectivity index (χ1v) is 6.61. The molecule has 1 aromatic carbocycles. The fourth-order valence-corrected chi connectivity index (χ4v) is 2.11. The molecule has 0 aliphatic heterocycles. The van der Waals surface area contributed by atoms with Gasteiger partial charge in [-0.25, -0.2) is 0 Å². The van der Waals surface area contributed by atoms with Gasteiger partial charge in [0.1, 0.15) is 11.4 Å². The van der Waals surface area contributed by atoms with Crippen LogP contribution >= 0.6 is 0 Å². The summed E-state index contributed by atoms with van der Waals surface area (Å²) in [5.41, 5.74) is 4.02. The molecule has 3 aromatic rings. The maximum Gasteiger partial charge on any atom is 0.153 e. The minimum Gasteiger partial charge on any atom is -0.298 e. The summed E-state index contributed by atoms with van der Waals surface area (Å²) in [6.45, 7) is 2.66. The van der Waals surface area contributed by atoms with Gasteiger partial charge in [-0.3, -0.25) is 19.4 Å². The Labute approximate surface area is 122 Å². The van der Waals surface area contributed by atoms with Gasteiger partial charge < -0.3 is 0 Å². The number of aromatic nitrogens is 4. The molecule has 0 aliphatic rings. The van der Waals surface area contributed by atoms with Crippen molar-refractivity contribution in [2.24, 2.45) is 0 Å². The Morgan fingerprint density at radius 2 is 2.00 bits per heavy atom. The van der Waals surface area contributed by atoms with Crippen molar-refractivity contribution in [3.05, 3.63) is 65.7 Å². The number of carbonyl (C=O) groups excluding carboxylic acids is 1. The minimum absolute atomic E-state index is 0.516. The second-order valence-corrected chi connectivity index (χ2v) is 4.82. The Morgan fingerprint density at radius 1 is 1.19 bits per heavy atom. The van der Waals surface area contributed by atoms with Crippen LogP contribution in [0.3, 0.4) is 0 Å². The number of carbonyl (C=O) groups is 1. The van der Waals surface area contributed by atoms with Gasteiger partial charge in [0, 0.05) is 18.6 Å². The molecule has 0 amide bonds. The van der Waals surface area contributed by atoms with Gasteiger partial charge in [0.15, 0.2) is 6.29 Å². The van der Waals surface area contributed by atoms with E-state index in [-0.39, 0.29) is 0 Å². The fraction of sp³-hybridized carbons (Fsp3) is 0.125. The summed E-state index contributed by atoms with van der Waals surface area (Å²) < 4.78 is 1.75. The number of hydrogen-bond acceptors (Lipinski definition) is 4. The lowest BCUT2D eigenvalue weighted by atomic mass is 10.1. The van der Waals surface area contributed by atoms with E-state index in [9.17, 15) is 4.79 Å². The van der Waals surface area contributed by atoms with Crippen molar-refractivity contribution in [3.8, 4) is 11.4 Å². The Hall–Kier alpha value is -2.82. The number of rotatable bonds is 4. The minimum atomic E-state index is 0.516. The normalized spacial score (nSPS) is 10.5. The molecule has 3 rings (SSSR count). The van der Waals surface area contributed by atoms with Gasteiger partial charge in [-0.05, 0) is 12.5 Å². The molecule has 0 saturated heterocycles. The van der Waals surface area contributed by atoms with Crippen LogP contribution < -0.4 is 0 Å². The summed E-state index contributed by atoms with van der Waals surface area (Å²) in [7, 11) is 0. The quantitative estimate of drug-likeness (QED) is 0.688. The topological polar surface area (TPSA) is 60.7 Å². The second kappa shape index (κ2) is 5.66. The van der Waals surface area contributed by atoms with Gasteiger partial charge in [0.2, 0.25) is 0 Å². The molecule has 0 fully saturated rings. The van der Waals surface area contributed by atoms with E-state index in [1.165, 1.54) is 5.56 Å². The molecule has 0 unspecified atom stereocenters. The van der Waals surface area contributed by atoms with Crippen LogP contribution in [0.2, 0.25) is 0 Å². The molecular weight excluding hydrogens is 264 g/mol. The molecule has 0 spiro atoms. The van der Waals surface area contributed by atoms with Crippen LogP contribution in [0.25, 0.3) is 11.4 Å². The summed E-state index contributed by atoms with van der Waals surface area (Å²) in [5.74, 6) is 0. The maximum absolute atomic E-state index is 11.2. The average Bonchev–Trinajstić information content (AvgIpc) is 2.93. The Bertz CT molecular complexity index is 748. The molecule has 5 nitrogen and oxygen atoms in total. The largest absolute Gasteiger partial charge is 0.298 e. The van der Waals surface area contributed by atoms with E-state index in [1.54, 1.807) is 29.5 Å². The molecule has 0 atom stereocenters. The standard InChI is InChI=1S/C16H14N4O/c1-12-2-4-13(5-3-12)9-20-10-14(11-21)16(19-20)15-8-17-6-7-18-15/h2-8,10-11H,9H2,1H3. The molecule has 0 bridgehead atoms. The molecule has 2 aromatic heterocycles. The van der Waals surface area contributed by atoms with Gasteiger partial charge in [-0.15, -0.1) is 0 Å². The summed E-state index contributed by atoms with van der Waals surface area (Å²) >= 11 is 0. The van der Waals surface area contributed by atoms with Crippen molar-refractivity contribution < 1.29 is 4.79 Å². The van der Waals surface area contributed by atoms with Gasteiger partial charge in [-0.2, -0.15) is 5.10 Å². The highest BCUT2D eigenvalue weighted by Crippen LogP contribution is 2.18. The van der Waals surface area contributed by atoms with Crippen molar-refractivity contribution in [1.29, 1.82) is 0 Å². The fourth-order valence-electron chi connectivity index (χ4n) is 2.11. The van der Waals surface area contributed by atoms with E-state index in [4.69, 9.17) is 0 Å². The number of aldehydes is 1. The Balaban J connectivity index is 1.92. The van der Waals surface area contributed by atoms with Gasteiger partial charge in [0.25, 0.3) is 0 Å². The van der Waals surface area contributed by atoms with Gasteiger partial charge >= 0.3 is 0 Å². The summed E-state index contributed by atoms with van der Waals surface area (Å²) in [4.78, 5) is 19.4. The van der Waals surface area contributed by atoms with Crippen molar-refractivity contribution in [2.75, 3.05) is 0 Å². The molecule has 0 radical (unpaired) electrons. The summed E-state index contributed by atoms with van der Waals surface area (Å²) in [5, 5.41) is 4.45. The number of aryl methyl sites for hydroxylation is 1. The zero-order valence-electron chi connectivity index (χ0n) is 11.6. The van der Waals surface area contributed by atoms with Crippen molar-refractivity contribution in [2.45, 2.75) is 13.5 Å². The lowest BCUT2D eigenvalue weighted by molar-refractivity contribution is 0.112. The van der Waals surface area contributed by atoms with Crippen molar-refractivity contribution >= 4 is 6.29 Å². The number of hydrogen-bond donors (Lipinski definition) is 0. The Kier molecular flexibility index (Phi) is 3.55. The van der Waals surface area contributed by atoms with Crippen LogP contribution in [-0.4, -0.2) is 26.0 Å². The first-order chi connectivity index (χ1) is 10.3. The zero-order valence-corrected chi connectivity index (χ0v) is 11.6. The van der Waals surface area contributed by atoms with Crippen LogP contribution in [0.1, 0.15) is 21.5 Å². The molecule has 0 N–H and O–H groups in total. The van der Waals surface area contributed by atoms with Gasteiger partial charge in [-0.1, -0.05) is 29.8 Å². The Morgan fingerprint density at radius 3 is 2.67 bits per heavy atom. The molecule has 0 saturated carbocycles. The molecule has 0 aliphatic carbocycles. The third-order valence-corrected chi connectivity index (χ3v) is 3.19. The monoisotopic (exact) mass is 278 g/mol. The lowest BCUT2D eigenvalue weighted by Crippen LogP contribution is -2.00. The maximum atomic E-state index is 11.2. The summed E-state index contributed by atoms with van der Waals surface area (Å²) in [6.07, 6.45) is 7.31. The molecular formula is C16H14N4O. The van der Waals surface area contributed by atoms with E-state index in [0.29, 0.717) is 23.5 Å².